The summed E-state index contributed by atoms with van der Waals surface area (Å²) in [4.78, 5) is 32.7. The monoisotopic (exact) mass is 442 g/mol. The number of nitrogens with one attached hydrogen (secondary N) is 1. The van der Waals surface area contributed by atoms with Gasteiger partial charge < -0.3 is 10.2 Å². The fourth-order valence-corrected chi connectivity index (χ4v) is 4.39. The molecule has 0 saturated heterocycles. The molecule has 0 saturated carbocycles. The average Bonchev–Trinajstić information content (AvgIpc) is 3.09. The average molecular weight is 443 g/mol. The van der Waals surface area contributed by atoms with Crippen molar-refractivity contribution in [2.45, 2.75) is 40.3 Å². The van der Waals surface area contributed by atoms with E-state index in [9.17, 15) is 9.59 Å². The maximum absolute atomic E-state index is 13.3. The van der Waals surface area contributed by atoms with Crippen LogP contribution in [0.1, 0.15) is 27.9 Å². The highest BCUT2D eigenvalue weighted by Gasteiger charge is 2.23. The summed E-state index contributed by atoms with van der Waals surface area (Å²) in [7, 11) is 0. The number of carbonyl (C=O) groups is 1. The fraction of sp³-hybridized carbons (Fsp3) is 0.280. The first-order valence-corrected chi connectivity index (χ1v) is 11.0. The highest BCUT2D eigenvalue weighted by Crippen LogP contribution is 2.23. The van der Waals surface area contributed by atoms with Gasteiger partial charge in [-0.05, 0) is 49.9 Å². The van der Waals surface area contributed by atoms with Crippen LogP contribution in [0, 0.1) is 20.8 Å². The molecule has 0 radical (unpaired) electrons. The van der Waals surface area contributed by atoms with E-state index in [4.69, 9.17) is 0 Å². The Balaban J connectivity index is 1.45. The molecule has 1 aliphatic heterocycles. The van der Waals surface area contributed by atoms with E-state index in [2.05, 4.69) is 38.5 Å². The molecule has 33 heavy (non-hydrogen) atoms. The highest BCUT2D eigenvalue weighted by molar-refractivity contribution is 5.91. The van der Waals surface area contributed by atoms with E-state index < -0.39 is 0 Å². The lowest BCUT2D eigenvalue weighted by Crippen LogP contribution is -2.35. The molecule has 5 rings (SSSR count). The summed E-state index contributed by atoms with van der Waals surface area (Å²) in [6, 6.07) is 15.9. The predicted octanol–water partition coefficient (Wildman–Crippen LogP) is 3.02. The van der Waals surface area contributed by atoms with E-state index >= 15 is 0 Å². The molecule has 4 aromatic rings. The van der Waals surface area contributed by atoms with Gasteiger partial charge in [0.2, 0.25) is 11.9 Å². The molecule has 2 aromatic carbocycles. The zero-order chi connectivity index (χ0) is 23.1. The molecule has 8 heteroatoms. The number of amides is 1. The minimum Gasteiger partial charge on any atom is -0.337 e. The number of aromatic nitrogens is 4. The number of carbonyl (C=O) groups excluding carboxylic acids is 1. The zero-order valence-corrected chi connectivity index (χ0v) is 19.0. The minimum atomic E-state index is -0.373. The van der Waals surface area contributed by atoms with Crippen LogP contribution < -0.4 is 15.9 Å². The quantitative estimate of drug-likeness (QED) is 0.525. The van der Waals surface area contributed by atoms with E-state index in [1.807, 2.05) is 45.0 Å². The van der Waals surface area contributed by atoms with Gasteiger partial charge in [-0.1, -0.05) is 42.0 Å². The Morgan fingerprint density at radius 2 is 1.85 bits per heavy atom. The van der Waals surface area contributed by atoms with Gasteiger partial charge in [0.15, 0.2) is 5.65 Å². The maximum atomic E-state index is 13.3. The molecule has 0 spiro atoms. The van der Waals surface area contributed by atoms with Gasteiger partial charge >= 0.3 is 5.69 Å². The van der Waals surface area contributed by atoms with Crippen molar-refractivity contribution < 1.29 is 4.79 Å². The first-order chi connectivity index (χ1) is 15.9. The van der Waals surface area contributed by atoms with Crippen molar-refractivity contribution in [3.63, 3.8) is 0 Å². The van der Waals surface area contributed by atoms with E-state index in [1.165, 1.54) is 20.2 Å². The zero-order valence-electron chi connectivity index (χ0n) is 19.0. The van der Waals surface area contributed by atoms with E-state index in [1.54, 1.807) is 6.07 Å². The lowest BCUT2D eigenvalue weighted by atomic mass is 10.0. The van der Waals surface area contributed by atoms with E-state index in [0.29, 0.717) is 18.1 Å². The Bertz CT molecular complexity index is 1430. The Kier molecular flexibility index (Phi) is 5.20. The van der Waals surface area contributed by atoms with Crippen LogP contribution in [-0.4, -0.2) is 31.6 Å². The summed E-state index contributed by atoms with van der Waals surface area (Å²) in [5.74, 6) is 0.260. The number of nitrogens with zero attached hydrogens (tertiary/aromatic N) is 5. The molecule has 0 unspecified atom stereocenters. The minimum absolute atomic E-state index is 0.171. The van der Waals surface area contributed by atoms with Gasteiger partial charge in [-0.2, -0.15) is 0 Å². The first kappa shape index (κ1) is 20.9. The number of benzene rings is 2. The van der Waals surface area contributed by atoms with Crippen molar-refractivity contribution in [3.05, 3.63) is 87.0 Å². The summed E-state index contributed by atoms with van der Waals surface area (Å²) in [6.07, 6.45) is 0.883. The summed E-state index contributed by atoms with van der Waals surface area (Å²) in [5, 5.41) is 7.31. The van der Waals surface area contributed by atoms with Gasteiger partial charge in [0, 0.05) is 30.5 Å². The van der Waals surface area contributed by atoms with Crippen LogP contribution in [0.4, 0.5) is 11.6 Å². The second-order valence-corrected chi connectivity index (χ2v) is 8.64. The van der Waals surface area contributed by atoms with Crippen molar-refractivity contribution in [1.82, 2.24) is 19.2 Å². The van der Waals surface area contributed by atoms with Crippen molar-refractivity contribution in [1.29, 1.82) is 0 Å². The third kappa shape index (κ3) is 4.00. The first-order valence-electron chi connectivity index (χ1n) is 11.0. The molecule has 3 heterocycles. The van der Waals surface area contributed by atoms with Gasteiger partial charge in [-0.3, -0.25) is 4.79 Å². The second kappa shape index (κ2) is 8.20. The van der Waals surface area contributed by atoms with E-state index in [0.717, 1.165) is 35.5 Å². The molecule has 0 aliphatic carbocycles. The van der Waals surface area contributed by atoms with Crippen LogP contribution in [-0.2, 0) is 24.3 Å². The molecule has 0 atom stereocenters. The smallest absolute Gasteiger partial charge is 0.337 e. The van der Waals surface area contributed by atoms with Gasteiger partial charge in [0.05, 0.1) is 0 Å². The molecule has 168 valence electrons. The number of aryl methyl sites for hydroxylation is 3. The van der Waals surface area contributed by atoms with Crippen molar-refractivity contribution in [2.75, 3.05) is 16.8 Å². The van der Waals surface area contributed by atoms with Crippen LogP contribution >= 0.6 is 0 Å². The van der Waals surface area contributed by atoms with Gasteiger partial charge in [-0.25, -0.2) is 18.9 Å². The number of hydrogen-bond acceptors (Lipinski definition) is 5. The molecule has 0 fully saturated rings. The number of rotatable bonds is 4. The van der Waals surface area contributed by atoms with Crippen LogP contribution in [0.2, 0.25) is 0 Å². The maximum Gasteiger partial charge on any atom is 0.353 e. The highest BCUT2D eigenvalue weighted by atomic mass is 16.2. The number of anilines is 2. The standard InChI is InChI=1S/C25H26N6O2/c1-16-8-9-21(17(2)12-16)27-23(32)15-30-25(33)31-22(28-30)13-18(3)26-24(31)29-11-10-19-6-4-5-7-20(19)14-29/h4-9,12-13H,10-11,14-15H2,1-3H3,(H,27,32). The van der Waals surface area contributed by atoms with Crippen LogP contribution in [0.15, 0.2) is 53.3 Å². The van der Waals surface area contributed by atoms with Gasteiger partial charge in [0.1, 0.15) is 6.54 Å². The third-order valence-corrected chi connectivity index (χ3v) is 6.04. The Hall–Kier alpha value is -3.94. The molecule has 1 aliphatic rings. The third-order valence-electron chi connectivity index (χ3n) is 6.04. The predicted molar refractivity (Wildman–Crippen MR) is 128 cm³/mol. The van der Waals surface area contributed by atoms with Crippen molar-refractivity contribution in [2.24, 2.45) is 0 Å². The topological polar surface area (TPSA) is 84.5 Å². The molecular formula is C25H26N6O2. The molecule has 0 bridgehead atoms. The fourth-order valence-electron chi connectivity index (χ4n) is 4.39. The second-order valence-electron chi connectivity index (χ2n) is 8.64. The number of hydrogen-bond donors (Lipinski definition) is 1. The van der Waals surface area contributed by atoms with Crippen molar-refractivity contribution >= 4 is 23.2 Å². The van der Waals surface area contributed by atoms with Gasteiger partial charge in [0.25, 0.3) is 0 Å². The largest absolute Gasteiger partial charge is 0.353 e. The summed E-state index contributed by atoms with van der Waals surface area (Å²) in [6.45, 7) is 7.09. The molecule has 1 N–H and O–H groups in total. The molecule has 1 amide bonds. The molecular weight excluding hydrogens is 416 g/mol. The normalized spacial score (nSPS) is 13.2. The number of fused-ring (bicyclic) bond motifs is 2. The van der Waals surface area contributed by atoms with Crippen LogP contribution in [0.25, 0.3) is 5.65 Å². The Morgan fingerprint density at radius 1 is 1.06 bits per heavy atom. The lowest BCUT2D eigenvalue weighted by Gasteiger charge is -2.29. The van der Waals surface area contributed by atoms with E-state index in [-0.39, 0.29) is 18.1 Å². The lowest BCUT2D eigenvalue weighted by molar-refractivity contribution is -0.117. The molecule has 8 nitrogen and oxygen atoms in total. The summed E-state index contributed by atoms with van der Waals surface area (Å²) < 4.78 is 2.71. The Labute approximate surface area is 191 Å². The Morgan fingerprint density at radius 3 is 2.64 bits per heavy atom. The van der Waals surface area contributed by atoms with Crippen molar-refractivity contribution in [3.8, 4) is 0 Å². The van der Waals surface area contributed by atoms with Crippen LogP contribution in [0.3, 0.4) is 0 Å². The molecule has 2 aromatic heterocycles. The SMILES string of the molecule is Cc1ccc(NC(=O)Cn2nc3cc(C)nc(N4CCc5ccccc5C4)n3c2=O)c(C)c1. The summed E-state index contributed by atoms with van der Waals surface area (Å²) >= 11 is 0. The summed E-state index contributed by atoms with van der Waals surface area (Å²) in [5.41, 5.74) is 6.26. The van der Waals surface area contributed by atoms with Crippen LogP contribution in [0.5, 0.6) is 0 Å². The van der Waals surface area contributed by atoms with Gasteiger partial charge in [-0.15, -0.1) is 5.10 Å².